The third-order valence-corrected chi connectivity index (χ3v) is 4.27. The number of hydrogen-bond donors (Lipinski definition) is 1. The monoisotopic (exact) mass is 328 g/mol. The summed E-state index contributed by atoms with van der Waals surface area (Å²) in [6.45, 7) is 1.07. The van der Waals surface area contributed by atoms with Crippen LogP contribution in [0.4, 0.5) is 5.69 Å². The van der Waals surface area contributed by atoms with Crippen molar-refractivity contribution in [3.63, 3.8) is 0 Å². The smallest absolute Gasteiger partial charge is 0.252 e. The number of hydrogen-bond acceptors (Lipinski definition) is 2. The molecule has 0 saturated carbocycles. The van der Waals surface area contributed by atoms with E-state index in [0.717, 1.165) is 5.69 Å². The minimum Gasteiger partial charge on any atom is -0.352 e. The second kappa shape index (κ2) is 6.84. The first kappa shape index (κ1) is 15.6. The summed E-state index contributed by atoms with van der Waals surface area (Å²) >= 11 is 6.02. The highest BCUT2D eigenvalue weighted by molar-refractivity contribution is 6.33. The molecule has 1 saturated heterocycles. The standard InChI is InChI=1S/C18H17ClN2O2/c19-16-9-5-4-8-15(16)18(23)20-11-13-10-17(22)21(12-13)14-6-2-1-3-7-14/h1-9,13H,10-12H2,(H,20,23)/t13-/m0/s1. The molecule has 1 aliphatic heterocycles. The fourth-order valence-electron chi connectivity index (χ4n) is 2.75. The average Bonchev–Trinajstić information content (AvgIpc) is 2.95. The largest absolute Gasteiger partial charge is 0.352 e. The number of nitrogens with zero attached hydrogens (tertiary/aromatic N) is 1. The number of amides is 2. The van der Waals surface area contributed by atoms with E-state index in [-0.39, 0.29) is 17.7 Å². The van der Waals surface area contributed by atoms with Crippen LogP contribution in [-0.2, 0) is 4.79 Å². The molecular formula is C18H17ClN2O2. The van der Waals surface area contributed by atoms with Crippen molar-refractivity contribution in [2.24, 2.45) is 5.92 Å². The van der Waals surface area contributed by atoms with Crippen LogP contribution in [0.2, 0.25) is 5.02 Å². The molecule has 2 aromatic carbocycles. The predicted octanol–water partition coefficient (Wildman–Crippen LogP) is 3.12. The van der Waals surface area contributed by atoms with E-state index in [1.54, 1.807) is 29.2 Å². The zero-order chi connectivity index (χ0) is 16.2. The molecule has 23 heavy (non-hydrogen) atoms. The van der Waals surface area contributed by atoms with E-state index in [9.17, 15) is 9.59 Å². The number of rotatable bonds is 4. The van der Waals surface area contributed by atoms with Crippen molar-refractivity contribution in [2.45, 2.75) is 6.42 Å². The molecule has 118 valence electrons. The maximum Gasteiger partial charge on any atom is 0.252 e. The number of halogens is 1. The molecule has 1 heterocycles. The van der Waals surface area contributed by atoms with Crippen LogP contribution in [0.5, 0.6) is 0 Å². The number of carbonyl (C=O) groups excluding carboxylic acids is 2. The molecule has 0 bridgehead atoms. The minimum absolute atomic E-state index is 0.0909. The van der Waals surface area contributed by atoms with Crippen molar-refractivity contribution in [2.75, 3.05) is 18.0 Å². The van der Waals surface area contributed by atoms with Crippen LogP contribution in [0, 0.1) is 5.92 Å². The molecule has 1 N–H and O–H groups in total. The Hall–Kier alpha value is -2.33. The molecule has 0 unspecified atom stereocenters. The normalized spacial score (nSPS) is 17.3. The van der Waals surface area contributed by atoms with Crippen molar-refractivity contribution in [3.05, 3.63) is 65.2 Å². The lowest BCUT2D eigenvalue weighted by atomic mass is 10.1. The van der Waals surface area contributed by atoms with Gasteiger partial charge in [-0.25, -0.2) is 0 Å². The Morgan fingerprint density at radius 1 is 1.13 bits per heavy atom. The second-order valence-corrected chi connectivity index (χ2v) is 6.01. The molecular weight excluding hydrogens is 312 g/mol. The lowest BCUT2D eigenvalue weighted by Crippen LogP contribution is -2.31. The van der Waals surface area contributed by atoms with Gasteiger partial charge in [0.25, 0.3) is 5.91 Å². The zero-order valence-corrected chi connectivity index (χ0v) is 13.3. The number of nitrogens with one attached hydrogen (secondary N) is 1. The van der Waals surface area contributed by atoms with Crippen molar-refractivity contribution in [3.8, 4) is 0 Å². The number of carbonyl (C=O) groups is 2. The molecule has 0 spiro atoms. The van der Waals surface area contributed by atoms with E-state index in [0.29, 0.717) is 30.1 Å². The maximum absolute atomic E-state index is 12.2. The van der Waals surface area contributed by atoms with Crippen LogP contribution < -0.4 is 10.2 Å². The van der Waals surface area contributed by atoms with Crippen molar-refractivity contribution in [1.82, 2.24) is 5.32 Å². The van der Waals surface area contributed by atoms with Gasteiger partial charge in [0.05, 0.1) is 10.6 Å². The molecule has 3 rings (SSSR count). The topological polar surface area (TPSA) is 49.4 Å². The SMILES string of the molecule is O=C(NC[C@@H]1CC(=O)N(c2ccccc2)C1)c1ccccc1Cl. The summed E-state index contributed by atoms with van der Waals surface area (Å²) in [5.41, 5.74) is 1.36. The molecule has 1 fully saturated rings. The van der Waals surface area contributed by atoms with Crippen molar-refractivity contribution < 1.29 is 9.59 Å². The van der Waals surface area contributed by atoms with Gasteiger partial charge in [-0.15, -0.1) is 0 Å². The Morgan fingerprint density at radius 2 is 1.83 bits per heavy atom. The van der Waals surface area contributed by atoms with E-state index in [2.05, 4.69) is 5.32 Å². The summed E-state index contributed by atoms with van der Waals surface area (Å²) in [6.07, 6.45) is 0.442. The molecule has 2 aromatic rings. The lowest BCUT2D eigenvalue weighted by Gasteiger charge is -2.17. The summed E-state index contributed by atoms with van der Waals surface area (Å²) in [5, 5.41) is 3.30. The van der Waals surface area contributed by atoms with Crippen LogP contribution in [0.1, 0.15) is 16.8 Å². The summed E-state index contributed by atoms with van der Waals surface area (Å²) < 4.78 is 0. The van der Waals surface area contributed by atoms with E-state index in [1.807, 2.05) is 30.3 Å². The van der Waals surface area contributed by atoms with Crippen molar-refractivity contribution >= 4 is 29.1 Å². The minimum atomic E-state index is -0.207. The van der Waals surface area contributed by atoms with Crippen molar-refractivity contribution in [1.29, 1.82) is 0 Å². The Balaban J connectivity index is 1.59. The Morgan fingerprint density at radius 3 is 2.57 bits per heavy atom. The van der Waals surface area contributed by atoms with E-state index < -0.39 is 0 Å². The van der Waals surface area contributed by atoms with E-state index in [1.165, 1.54) is 0 Å². The average molecular weight is 329 g/mol. The molecule has 1 atom stereocenters. The number of anilines is 1. The third-order valence-electron chi connectivity index (χ3n) is 3.94. The van der Waals surface area contributed by atoms with Gasteiger partial charge in [-0.05, 0) is 24.3 Å². The van der Waals surface area contributed by atoms with Crippen LogP contribution in [0.25, 0.3) is 0 Å². The molecule has 0 aliphatic carbocycles. The van der Waals surface area contributed by atoms with Gasteiger partial charge in [0.1, 0.15) is 0 Å². The van der Waals surface area contributed by atoms with Gasteiger partial charge < -0.3 is 10.2 Å². The fourth-order valence-corrected chi connectivity index (χ4v) is 2.97. The van der Waals surface area contributed by atoms with Gasteiger partial charge in [0.15, 0.2) is 0 Å². The van der Waals surface area contributed by atoms with Crippen LogP contribution in [0.3, 0.4) is 0 Å². The number of benzene rings is 2. The quantitative estimate of drug-likeness (QED) is 0.937. The molecule has 0 aromatic heterocycles. The summed E-state index contributed by atoms with van der Waals surface area (Å²) in [7, 11) is 0. The Kier molecular flexibility index (Phi) is 4.63. The Bertz CT molecular complexity index is 718. The first-order chi connectivity index (χ1) is 11.1. The van der Waals surface area contributed by atoms with Gasteiger partial charge in [0, 0.05) is 31.1 Å². The fraction of sp³-hybridized carbons (Fsp3) is 0.222. The van der Waals surface area contributed by atoms with E-state index >= 15 is 0 Å². The first-order valence-corrected chi connectivity index (χ1v) is 7.91. The lowest BCUT2D eigenvalue weighted by molar-refractivity contribution is -0.117. The van der Waals surface area contributed by atoms with Gasteiger partial charge in [-0.2, -0.15) is 0 Å². The van der Waals surface area contributed by atoms with Gasteiger partial charge in [-0.1, -0.05) is 41.9 Å². The zero-order valence-electron chi connectivity index (χ0n) is 12.5. The van der Waals surface area contributed by atoms with E-state index in [4.69, 9.17) is 11.6 Å². The maximum atomic E-state index is 12.2. The molecule has 0 radical (unpaired) electrons. The Labute approximate surface area is 140 Å². The third kappa shape index (κ3) is 3.54. The molecule has 1 aliphatic rings. The van der Waals surface area contributed by atoms with Gasteiger partial charge in [-0.3, -0.25) is 9.59 Å². The molecule has 5 heteroatoms. The van der Waals surface area contributed by atoms with Crippen LogP contribution in [-0.4, -0.2) is 24.9 Å². The van der Waals surface area contributed by atoms with Gasteiger partial charge in [0.2, 0.25) is 5.91 Å². The predicted molar refractivity (Wildman–Crippen MR) is 90.7 cm³/mol. The highest BCUT2D eigenvalue weighted by Gasteiger charge is 2.30. The van der Waals surface area contributed by atoms with Crippen LogP contribution in [0.15, 0.2) is 54.6 Å². The number of para-hydroxylation sites is 1. The summed E-state index contributed by atoms with van der Waals surface area (Å²) in [6, 6.07) is 16.5. The summed E-state index contributed by atoms with van der Waals surface area (Å²) in [4.78, 5) is 26.1. The second-order valence-electron chi connectivity index (χ2n) is 5.60. The molecule has 2 amide bonds. The van der Waals surface area contributed by atoms with Crippen LogP contribution >= 0.6 is 11.6 Å². The first-order valence-electron chi connectivity index (χ1n) is 7.53. The van der Waals surface area contributed by atoms with Gasteiger partial charge >= 0.3 is 0 Å². The summed E-state index contributed by atoms with van der Waals surface area (Å²) in [5.74, 6) is -0.0106. The highest BCUT2D eigenvalue weighted by Crippen LogP contribution is 2.24. The molecule has 4 nitrogen and oxygen atoms in total. The highest BCUT2D eigenvalue weighted by atomic mass is 35.5.